The molecule has 0 bridgehead atoms. The molecule has 1 aromatic carbocycles. The molecule has 0 spiro atoms. The van der Waals surface area contributed by atoms with Gasteiger partial charge in [0.25, 0.3) is 0 Å². The maximum absolute atomic E-state index is 3.71. The van der Waals surface area contributed by atoms with Crippen molar-refractivity contribution < 1.29 is 0 Å². The largest absolute Gasteiger partial charge is 0.370 e. The molecule has 2 rings (SSSR count). The summed E-state index contributed by atoms with van der Waals surface area (Å²) < 4.78 is 1.22. The molecule has 0 saturated carbocycles. The Morgan fingerprint density at radius 3 is 3.00 bits per heavy atom. The summed E-state index contributed by atoms with van der Waals surface area (Å²) >= 11 is 5.78. The molecular formula is C15H23BrN2S. The molecule has 1 aliphatic heterocycles. The van der Waals surface area contributed by atoms with Gasteiger partial charge in [-0.15, -0.1) is 0 Å². The summed E-state index contributed by atoms with van der Waals surface area (Å²) in [5.74, 6) is 1.23. The first kappa shape index (κ1) is 15.2. The minimum atomic E-state index is 0.735. The predicted molar refractivity (Wildman–Crippen MR) is 90.3 cm³/mol. The molecule has 1 heterocycles. The molecule has 1 aliphatic rings. The van der Waals surface area contributed by atoms with Crippen LogP contribution >= 0.6 is 27.7 Å². The lowest BCUT2D eigenvalue weighted by Crippen LogP contribution is -2.36. The van der Waals surface area contributed by atoms with E-state index in [1.165, 1.54) is 27.9 Å². The van der Waals surface area contributed by atoms with E-state index < -0.39 is 0 Å². The normalized spacial score (nSPS) is 19.7. The molecule has 4 heteroatoms. The van der Waals surface area contributed by atoms with Crippen LogP contribution in [0, 0.1) is 0 Å². The molecule has 2 nitrogen and oxygen atoms in total. The fourth-order valence-corrected chi connectivity index (χ4v) is 3.85. The van der Waals surface area contributed by atoms with Gasteiger partial charge < -0.3 is 10.2 Å². The zero-order valence-corrected chi connectivity index (χ0v) is 14.2. The lowest BCUT2D eigenvalue weighted by molar-refractivity contribution is 0.674. The molecule has 1 saturated heterocycles. The number of anilines is 1. The van der Waals surface area contributed by atoms with Gasteiger partial charge >= 0.3 is 0 Å². The van der Waals surface area contributed by atoms with Gasteiger partial charge in [-0.05, 0) is 30.7 Å². The third kappa shape index (κ3) is 4.40. The lowest BCUT2D eigenvalue weighted by Gasteiger charge is -2.32. The van der Waals surface area contributed by atoms with Crippen molar-refractivity contribution in [2.75, 3.05) is 30.3 Å². The quantitative estimate of drug-likeness (QED) is 0.817. The Morgan fingerprint density at radius 2 is 2.32 bits per heavy atom. The molecule has 0 aliphatic carbocycles. The van der Waals surface area contributed by atoms with Crippen molar-refractivity contribution in [2.45, 2.75) is 32.1 Å². The molecule has 1 N–H and O–H groups in total. The molecule has 0 aromatic heterocycles. The van der Waals surface area contributed by atoms with Crippen LogP contribution < -0.4 is 10.2 Å². The maximum Gasteiger partial charge on any atom is 0.0378 e. The van der Waals surface area contributed by atoms with E-state index in [1.807, 2.05) is 0 Å². The topological polar surface area (TPSA) is 15.3 Å². The van der Waals surface area contributed by atoms with E-state index in [9.17, 15) is 0 Å². The van der Waals surface area contributed by atoms with Crippen molar-refractivity contribution in [1.82, 2.24) is 5.32 Å². The van der Waals surface area contributed by atoms with Crippen LogP contribution in [0.3, 0.4) is 0 Å². The van der Waals surface area contributed by atoms with E-state index in [0.717, 1.165) is 31.4 Å². The van der Waals surface area contributed by atoms with Crippen LogP contribution in [0.25, 0.3) is 0 Å². The van der Waals surface area contributed by atoms with Gasteiger partial charge in [-0.2, -0.15) is 11.8 Å². The molecule has 1 fully saturated rings. The highest BCUT2D eigenvalue weighted by Crippen LogP contribution is 2.28. The van der Waals surface area contributed by atoms with Crippen LogP contribution in [0.15, 0.2) is 22.7 Å². The minimum absolute atomic E-state index is 0.735. The number of halogens is 1. The predicted octanol–water partition coefficient (Wildman–Crippen LogP) is 3.89. The highest BCUT2D eigenvalue weighted by molar-refractivity contribution is 9.10. The first-order valence-electron chi connectivity index (χ1n) is 7.06. The highest BCUT2D eigenvalue weighted by atomic mass is 79.9. The molecule has 0 amide bonds. The second kappa shape index (κ2) is 7.55. The number of hydrogen-bond acceptors (Lipinski definition) is 3. The van der Waals surface area contributed by atoms with Crippen molar-refractivity contribution in [3.8, 4) is 0 Å². The smallest absolute Gasteiger partial charge is 0.0378 e. The van der Waals surface area contributed by atoms with Crippen molar-refractivity contribution >= 4 is 33.4 Å². The van der Waals surface area contributed by atoms with Crippen LogP contribution in [-0.4, -0.2) is 30.6 Å². The Bertz CT molecular complexity index is 411. The third-order valence-electron chi connectivity index (χ3n) is 3.39. The molecule has 1 atom stereocenters. The minimum Gasteiger partial charge on any atom is -0.370 e. The first-order valence-corrected chi connectivity index (χ1v) is 8.90. The first-order chi connectivity index (χ1) is 9.20. The van der Waals surface area contributed by atoms with Crippen LogP contribution in [-0.2, 0) is 6.54 Å². The van der Waals surface area contributed by atoms with Crippen LogP contribution in [0.1, 0.15) is 25.8 Å². The highest BCUT2D eigenvalue weighted by Gasteiger charge is 2.17. The Balaban J connectivity index is 2.01. The SMILES string of the molecule is CCCNCc1ccc(N2CCSC(C)C2)cc1Br. The van der Waals surface area contributed by atoms with Crippen molar-refractivity contribution in [3.05, 3.63) is 28.2 Å². The van der Waals surface area contributed by atoms with Gasteiger partial charge in [0, 0.05) is 40.8 Å². The van der Waals surface area contributed by atoms with Crippen LogP contribution in [0.2, 0.25) is 0 Å². The Labute approximate surface area is 129 Å². The Morgan fingerprint density at radius 1 is 1.47 bits per heavy atom. The van der Waals surface area contributed by atoms with Crippen LogP contribution in [0.5, 0.6) is 0 Å². The Hall–Kier alpha value is -0.190. The summed E-state index contributed by atoms with van der Waals surface area (Å²) in [6, 6.07) is 6.77. The van der Waals surface area contributed by atoms with Crippen molar-refractivity contribution in [1.29, 1.82) is 0 Å². The number of nitrogens with one attached hydrogen (secondary N) is 1. The summed E-state index contributed by atoms with van der Waals surface area (Å²) in [5, 5.41) is 4.19. The van der Waals surface area contributed by atoms with E-state index in [4.69, 9.17) is 0 Å². The van der Waals surface area contributed by atoms with Gasteiger partial charge in [0.2, 0.25) is 0 Å². The molecular weight excluding hydrogens is 320 g/mol. The van der Waals surface area contributed by atoms with E-state index >= 15 is 0 Å². The van der Waals surface area contributed by atoms with Gasteiger partial charge in [0.15, 0.2) is 0 Å². The third-order valence-corrected chi connectivity index (χ3v) is 5.26. The van der Waals surface area contributed by atoms with Gasteiger partial charge in [-0.25, -0.2) is 0 Å². The Kier molecular flexibility index (Phi) is 6.05. The van der Waals surface area contributed by atoms with Gasteiger partial charge in [-0.3, -0.25) is 0 Å². The summed E-state index contributed by atoms with van der Waals surface area (Å²) in [6.45, 7) is 8.85. The number of hydrogen-bond donors (Lipinski definition) is 1. The summed E-state index contributed by atoms with van der Waals surface area (Å²) in [7, 11) is 0. The number of nitrogens with zero attached hydrogens (tertiary/aromatic N) is 1. The van der Waals surface area contributed by atoms with Gasteiger partial charge in [0.1, 0.15) is 0 Å². The zero-order chi connectivity index (χ0) is 13.7. The summed E-state index contributed by atoms with van der Waals surface area (Å²) in [6.07, 6.45) is 1.18. The van der Waals surface area contributed by atoms with E-state index in [0.29, 0.717) is 0 Å². The molecule has 1 unspecified atom stereocenters. The average molecular weight is 343 g/mol. The van der Waals surface area contributed by atoms with E-state index in [2.05, 4.69) is 70.0 Å². The molecule has 106 valence electrons. The number of thioether (sulfide) groups is 1. The standard InChI is InChI=1S/C15H23BrN2S/c1-3-6-17-10-13-4-5-14(9-15(13)16)18-7-8-19-12(2)11-18/h4-5,9,12,17H,3,6-8,10-11H2,1-2H3. The fraction of sp³-hybridized carbons (Fsp3) is 0.600. The maximum atomic E-state index is 3.71. The van der Waals surface area contributed by atoms with Gasteiger partial charge in [0.05, 0.1) is 0 Å². The summed E-state index contributed by atoms with van der Waals surface area (Å²) in [4.78, 5) is 2.50. The van der Waals surface area contributed by atoms with Crippen LogP contribution in [0.4, 0.5) is 5.69 Å². The average Bonchev–Trinajstić information content (AvgIpc) is 2.41. The van der Waals surface area contributed by atoms with Crippen molar-refractivity contribution in [2.24, 2.45) is 0 Å². The molecule has 19 heavy (non-hydrogen) atoms. The van der Waals surface area contributed by atoms with Crippen molar-refractivity contribution in [3.63, 3.8) is 0 Å². The number of rotatable bonds is 5. The fourth-order valence-electron chi connectivity index (χ4n) is 2.33. The van der Waals surface area contributed by atoms with E-state index in [-0.39, 0.29) is 0 Å². The second-order valence-corrected chi connectivity index (χ2v) is 7.48. The molecule has 0 radical (unpaired) electrons. The monoisotopic (exact) mass is 342 g/mol. The van der Waals surface area contributed by atoms with E-state index in [1.54, 1.807) is 0 Å². The summed E-state index contributed by atoms with van der Waals surface area (Å²) in [5.41, 5.74) is 2.69. The second-order valence-electron chi connectivity index (χ2n) is 5.08. The number of benzene rings is 1. The van der Waals surface area contributed by atoms with Gasteiger partial charge in [-0.1, -0.05) is 35.8 Å². The molecule has 1 aromatic rings. The lowest BCUT2D eigenvalue weighted by atomic mass is 10.2. The zero-order valence-electron chi connectivity index (χ0n) is 11.8.